The van der Waals surface area contributed by atoms with Gasteiger partial charge in [-0.05, 0) is 32.1 Å². The maximum atomic E-state index is 4.87. The predicted molar refractivity (Wildman–Crippen MR) is 103 cm³/mol. The van der Waals surface area contributed by atoms with E-state index < -0.39 is 0 Å². The molecule has 0 unspecified atom stereocenters. The molecule has 6 heteroatoms. The third-order valence-corrected chi connectivity index (χ3v) is 8.58. The summed E-state index contributed by atoms with van der Waals surface area (Å²) >= 11 is 0. The molecule has 0 saturated heterocycles. The van der Waals surface area contributed by atoms with Gasteiger partial charge in [0.05, 0.1) is 12.1 Å². The lowest BCUT2D eigenvalue weighted by atomic mass is 9.82. The summed E-state index contributed by atoms with van der Waals surface area (Å²) in [6, 6.07) is 3.12. The molecule has 2 heterocycles. The van der Waals surface area contributed by atoms with Gasteiger partial charge in [0.25, 0.3) is 0 Å². The van der Waals surface area contributed by atoms with Crippen molar-refractivity contribution in [2.24, 2.45) is 32.5 Å². The fourth-order valence-corrected chi connectivity index (χ4v) is 7.34. The normalized spacial score (nSPS) is 44.6. The van der Waals surface area contributed by atoms with Crippen LogP contribution >= 0.6 is 0 Å². The zero-order valence-corrected chi connectivity index (χ0v) is 16.5. The van der Waals surface area contributed by atoms with Gasteiger partial charge < -0.3 is 0 Å². The largest absolute Gasteiger partial charge is 0.270 e. The van der Waals surface area contributed by atoms with E-state index >= 15 is 0 Å². The Labute approximate surface area is 162 Å². The SMILES string of the molecule is C1CCCC(N2N=N[C@@H]3[C@H]4C[C@@H]([C@@H]5N=NN(C6CCCCCC6)[C@H]45)[C@H]32)CC1. The summed E-state index contributed by atoms with van der Waals surface area (Å²) in [5.41, 5.74) is 0. The molecule has 4 saturated carbocycles. The van der Waals surface area contributed by atoms with Gasteiger partial charge in [0.15, 0.2) is 0 Å². The second-order valence-corrected chi connectivity index (χ2v) is 9.99. The Morgan fingerprint density at radius 2 is 0.926 bits per heavy atom. The molecular formula is C21H34N6. The highest BCUT2D eigenvalue weighted by Crippen LogP contribution is 2.56. The number of fused-ring (bicyclic) bond motifs is 8. The van der Waals surface area contributed by atoms with Crippen molar-refractivity contribution in [2.75, 3.05) is 0 Å². The fraction of sp³-hybridized carbons (Fsp3) is 1.00. The van der Waals surface area contributed by atoms with Gasteiger partial charge in [0.2, 0.25) is 0 Å². The Hall–Kier alpha value is -1.20. The molecular weight excluding hydrogens is 336 g/mol. The van der Waals surface area contributed by atoms with Crippen LogP contribution < -0.4 is 0 Å². The Bertz CT molecular complexity index is 552. The van der Waals surface area contributed by atoms with E-state index in [-0.39, 0.29) is 0 Å². The van der Waals surface area contributed by atoms with E-state index in [4.69, 9.17) is 20.7 Å². The van der Waals surface area contributed by atoms with Crippen LogP contribution in [0.4, 0.5) is 0 Å². The van der Waals surface area contributed by atoms with Crippen molar-refractivity contribution in [3.8, 4) is 0 Å². The highest BCUT2D eigenvalue weighted by molar-refractivity contribution is 5.20. The molecule has 6 atom stereocenters. The molecule has 6 nitrogen and oxygen atoms in total. The molecule has 4 fully saturated rings. The van der Waals surface area contributed by atoms with Crippen molar-refractivity contribution in [1.29, 1.82) is 0 Å². The minimum atomic E-state index is 0.413. The van der Waals surface area contributed by atoms with Crippen molar-refractivity contribution >= 4 is 0 Å². The monoisotopic (exact) mass is 370 g/mol. The molecule has 0 spiro atoms. The van der Waals surface area contributed by atoms with Gasteiger partial charge in [0, 0.05) is 23.9 Å². The summed E-state index contributed by atoms with van der Waals surface area (Å²) < 4.78 is 0. The average molecular weight is 371 g/mol. The van der Waals surface area contributed by atoms with Gasteiger partial charge in [-0.3, -0.25) is 10.0 Å². The van der Waals surface area contributed by atoms with E-state index in [1.54, 1.807) is 0 Å². The number of nitrogens with zero attached hydrogens (tertiary/aromatic N) is 6. The second kappa shape index (κ2) is 6.70. The Morgan fingerprint density at radius 3 is 1.33 bits per heavy atom. The van der Waals surface area contributed by atoms with Gasteiger partial charge in [-0.2, -0.15) is 10.2 Å². The molecule has 27 heavy (non-hydrogen) atoms. The lowest BCUT2D eigenvalue weighted by molar-refractivity contribution is 0.0594. The van der Waals surface area contributed by atoms with Crippen LogP contribution in [0.15, 0.2) is 20.7 Å². The summed E-state index contributed by atoms with van der Waals surface area (Å²) in [5.74, 6) is 1.26. The van der Waals surface area contributed by atoms with E-state index in [2.05, 4.69) is 10.0 Å². The molecule has 0 aromatic rings. The first-order chi connectivity index (χ1) is 13.4. The molecule has 4 aliphatic carbocycles. The molecule has 0 radical (unpaired) electrons. The van der Waals surface area contributed by atoms with Crippen LogP contribution in [-0.2, 0) is 0 Å². The number of hydrogen-bond donors (Lipinski definition) is 0. The average Bonchev–Trinajstić information content (AvgIpc) is 3.34. The standard InChI is InChI=1S/C21H34N6/c1-2-6-10-14(9-5-1)26-20-16-13-17(18(20)22-24-26)21-19(16)23-25-27(21)15-11-7-3-4-8-12-15/h14-21H,1-13H2/t16-,17+,18+,19-,20-,21-/m1/s1. The van der Waals surface area contributed by atoms with E-state index in [0.29, 0.717) is 48.1 Å². The Balaban J connectivity index is 1.21. The minimum Gasteiger partial charge on any atom is -0.270 e. The third kappa shape index (κ3) is 2.57. The molecule has 0 aromatic heterocycles. The predicted octanol–water partition coefficient (Wildman–Crippen LogP) is 4.92. The minimum absolute atomic E-state index is 0.413. The summed E-state index contributed by atoms with van der Waals surface area (Å²) in [7, 11) is 0. The molecule has 6 rings (SSSR count). The lowest BCUT2D eigenvalue weighted by Crippen LogP contribution is -2.55. The lowest BCUT2D eigenvalue weighted by Gasteiger charge is -2.40. The van der Waals surface area contributed by atoms with Crippen molar-refractivity contribution in [3.05, 3.63) is 0 Å². The number of hydrogen-bond acceptors (Lipinski definition) is 6. The van der Waals surface area contributed by atoms with Crippen molar-refractivity contribution in [3.63, 3.8) is 0 Å². The summed E-state index contributed by atoms with van der Waals surface area (Å²) in [5, 5.41) is 24.2. The third-order valence-electron chi connectivity index (χ3n) is 8.58. The zero-order valence-electron chi connectivity index (χ0n) is 16.5. The maximum absolute atomic E-state index is 4.87. The summed E-state index contributed by atoms with van der Waals surface area (Å²) in [6.45, 7) is 0. The van der Waals surface area contributed by atoms with Crippen LogP contribution in [0.25, 0.3) is 0 Å². The van der Waals surface area contributed by atoms with Gasteiger partial charge in [0.1, 0.15) is 12.1 Å². The van der Waals surface area contributed by atoms with E-state index in [9.17, 15) is 0 Å². The smallest absolute Gasteiger partial charge is 0.100 e. The maximum Gasteiger partial charge on any atom is 0.100 e. The first-order valence-electron chi connectivity index (χ1n) is 11.8. The van der Waals surface area contributed by atoms with Crippen LogP contribution in [0.1, 0.15) is 83.5 Å². The molecule has 6 aliphatic rings. The van der Waals surface area contributed by atoms with Gasteiger partial charge in [-0.1, -0.05) is 61.8 Å². The van der Waals surface area contributed by atoms with Crippen molar-refractivity contribution < 1.29 is 0 Å². The van der Waals surface area contributed by atoms with Crippen molar-refractivity contribution in [1.82, 2.24) is 10.0 Å². The van der Waals surface area contributed by atoms with Crippen LogP contribution in [0.3, 0.4) is 0 Å². The quantitative estimate of drug-likeness (QED) is 0.648. The first kappa shape index (κ1) is 16.7. The Morgan fingerprint density at radius 1 is 0.519 bits per heavy atom. The Kier molecular flexibility index (Phi) is 4.15. The fourth-order valence-electron chi connectivity index (χ4n) is 7.34. The van der Waals surface area contributed by atoms with Gasteiger partial charge in [-0.25, -0.2) is 0 Å². The molecule has 2 aliphatic heterocycles. The zero-order chi connectivity index (χ0) is 17.8. The highest BCUT2D eigenvalue weighted by Gasteiger charge is 2.66. The first-order valence-corrected chi connectivity index (χ1v) is 11.8. The van der Waals surface area contributed by atoms with Crippen LogP contribution in [0.2, 0.25) is 0 Å². The molecule has 2 bridgehead atoms. The topological polar surface area (TPSA) is 55.9 Å². The summed E-state index contributed by atoms with van der Waals surface area (Å²) in [6.07, 6.45) is 17.6. The molecule has 0 aromatic carbocycles. The van der Waals surface area contributed by atoms with Crippen LogP contribution in [0, 0.1) is 11.8 Å². The van der Waals surface area contributed by atoms with Gasteiger partial charge >= 0.3 is 0 Å². The molecule has 148 valence electrons. The van der Waals surface area contributed by atoms with Crippen molar-refractivity contribution in [2.45, 2.75) is 120 Å². The van der Waals surface area contributed by atoms with E-state index in [1.807, 2.05) is 0 Å². The second-order valence-electron chi connectivity index (χ2n) is 9.99. The number of rotatable bonds is 2. The summed E-state index contributed by atoms with van der Waals surface area (Å²) in [4.78, 5) is 0. The van der Waals surface area contributed by atoms with E-state index in [1.165, 1.54) is 83.5 Å². The van der Waals surface area contributed by atoms with Crippen LogP contribution in [0.5, 0.6) is 0 Å². The highest BCUT2D eigenvalue weighted by atomic mass is 15.7. The van der Waals surface area contributed by atoms with Crippen LogP contribution in [-0.4, -0.2) is 46.3 Å². The molecule has 0 amide bonds. The van der Waals surface area contributed by atoms with Gasteiger partial charge in [-0.15, -0.1) is 0 Å². The molecule has 0 N–H and O–H groups in total. The van der Waals surface area contributed by atoms with E-state index in [0.717, 1.165) is 0 Å².